The molecule has 4 heteroatoms. The molecule has 1 fully saturated rings. The molecule has 1 aromatic carbocycles. The quantitative estimate of drug-likeness (QED) is 0.875. The number of carbonyl (C=O) groups excluding carboxylic acids is 1. The standard InChI is InChI=1S/C17H25BrN2O/c1-3-11-20(17(21)14-7-6-10-19-12-14)13(2)15-8-4-5-9-16(15)18/h4-5,8-9,13-14,19H,3,6-7,10-12H2,1-2H3. The van der Waals surface area contributed by atoms with Gasteiger partial charge in [0.15, 0.2) is 0 Å². The summed E-state index contributed by atoms with van der Waals surface area (Å²) in [5.74, 6) is 0.433. The van der Waals surface area contributed by atoms with Crippen LogP contribution < -0.4 is 5.32 Å². The lowest BCUT2D eigenvalue weighted by atomic mass is 9.96. The number of nitrogens with zero attached hydrogens (tertiary/aromatic N) is 1. The minimum Gasteiger partial charge on any atom is -0.336 e. The number of hydrogen-bond acceptors (Lipinski definition) is 2. The molecular formula is C17H25BrN2O. The molecule has 116 valence electrons. The van der Waals surface area contributed by atoms with Crippen LogP contribution >= 0.6 is 15.9 Å². The van der Waals surface area contributed by atoms with Crippen molar-refractivity contribution in [2.24, 2.45) is 5.92 Å². The number of nitrogens with one attached hydrogen (secondary N) is 1. The highest BCUT2D eigenvalue weighted by Gasteiger charge is 2.29. The van der Waals surface area contributed by atoms with Crippen molar-refractivity contribution in [3.05, 3.63) is 34.3 Å². The molecule has 0 aromatic heterocycles. The van der Waals surface area contributed by atoms with E-state index in [4.69, 9.17) is 0 Å². The van der Waals surface area contributed by atoms with E-state index in [0.29, 0.717) is 5.91 Å². The zero-order chi connectivity index (χ0) is 15.2. The summed E-state index contributed by atoms with van der Waals surface area (Å²) in [5, 5.41) is 3.35. The van der Waals surface area contributed by atoms with E-state index in [0.717, 1.165) is 43.4 Å². The van der Waals surface area contributed by atoms with Crippen LogP contribution in [0.4, 0.5) is 0 Å². The van der Waals surface area contributed by atoms with Crippen LogP contribution in [0.3, 0.4) is 0 Å². The second-order valence-corrected chi connectivity index (χ2v) is 6.63. The van der Waals surface area contributed by atoms with Crippen molar-refractivity contribution in [1.82, 2.24) is 10.2 Å². The van der Waals surface area contributed by atoms with Crippen LogP contribution in [0.15, 0.2) is 28.7 Å². The van der Waals surface area contributed by atoms with Crippen molar-refractivity contribution in [2.45, 2.75) is 39.2 Å². The molecule has 0 radical (unpaired) electrons. The minimum atomic E-state index is 0.106. The zero-order valence-electron chi connectivity index (χ0n) is 12.9. The lowest BCUT2D eigenvalue weighted by Gasteiger charge is -2.34. The molecule has 1 saturated heterocycles. The van der Waals surface area contributed by atoms with E-state index in [1.165, 1.54) is 5.56 Å². The number of halogens is 1. The van der Waals surface area contributed by atoms with Gasteiger partial charge in [-0.15, -0.1) is 0 Å². The first-order valence-electron chi connectivity index (χ1n) is 7.90. The molecule has 0 bridgehead atoms. The fourth-order valence-corrected chi connectivity index (χ4v) is 3.63. The molecule has 1 amide bonds. The Labute approximate surface area is 136 Å². The summed E-state index contributed by atoms with van der Waals surface area (Å²) in [5.41, 5.74) is 1.18. The Hall–Kier alpha value is -0.870. The number of carbonyl (C=O) groups is 1. The van der Waals surface area contributed by atoms with Crippen LogP contribution in [0, 0.1) is 5.92 Å². The van der Waals surface area contributed by atoms with Crippen molar-refractivity contribution in [1.29, 1.82) is 0 Å². The van der Waals surface area contributed by atoms with Gasteiger partial charge in [-0.1, -0.05) is 41.1 Å². The largest absolute Gasteiger partial charge is 0.336 e. The number of benzene rings is 1. The van der Waals surface area contributed by atoms with Gasteiger partial charge in [0.25, 0.3) is 0 Å². The fourth-order valence-electron chi connectivity index (χ4n) is 3.01. The van der Waals surface area contributed by atoms with E-state index in [9.17, 15) is 4.79 Å². The molecule has 1 aliphatic rings. The van der Waals surface area contributed by atoms with Crippen LogP contribution in [-0.2, 0) is 4.79 Å². The Morgan fingerprint density at radius 1 is 1.48 bits per heavy atom. The SMILES string of the molecule is CCCN(C(=O)C1CCCNC1)C(C)c1ccccc1Br. The van der Waals surface area contributed by atoms with Crippen molar-refractivity contribution < 1.29 is 4.79 Å². The monoisotopic (exact) mass is 352 g/mol. The van der Waals surface area contributed by atoms with Gasteiger partial charge in [0.05, 0.1) is 12.0 Å². The third-order valence-corrected chi connectivity index (χ3v) is 4.94. The second-order valence-electron chi connectivity index (χ2n) is 5.77. The molecule has 1 aromatic rings. The summed E-state index contributed by atoms with van der Waals surface area (Å²) >= 11 is 3.61. The molecule has 1 aliphatic heterocycles. The summed E-state index contributed by atoms with van der Waals surface area (Å²) in [4.78, 5) is 14.9. The molecule has 21 heavy (non-hydrogen) atoms. The lowest BCUT2D eigenvalue weighted by molar-refractivity contribution is -0.138. The fraction of sp³-hybridized carbons (Fsp3) is 0.588. The molecule has 3 nitrogen and oxygen atoms in total. The van der Waals surface area contributed by atoms with Gasteiger partial charge < -0.3 is 10.2 Å². The topological polar surface area (TPSA) is 32.3 Å². The van der Waals surface area contributed by atoms with E-state index in [1.54, 1.807) is 0 Å². The predicted molar refractivity (Wildman–Crippen MR) is 90.2 cm³/mol. The van der Waals surface area contributed by atoms with Gasteiger partial charge in [-0.2, -0.15) is 0 Å². The first-order chi connectivity index (χ1) is 10.1. The molecular weight excluding hydrogens is 328 g/mol. The van der Waals surface area contributed by atoms with Crippen molar-refractivity contribution in [3.8, 4) is 0 Å². The first kappa shape index (κ1) is 16.5. The highest BCUT2D eigenvalue weighted by Crippen LogP contribution is 2.29. The van der Waals surface area contributed by atoms with Gasteiger partial charge in [0.2, 0.25) is 5.91 Å². The van der Waals surface area contributed by atoms with Crippen molar-refractivity contribution in [3.63, 3.8) is 0 Å². The Bertz CT molecular complexity index is 472. The van der Waals surface area contributed by atoms with E-state index >= 15 is 0 Å². The zero-order valence-corrected chi connectivity index (χ0v) is 14.5. The molecule has 1 N–H and O–H groups in total. The summed E-state index contributed by atoms with van der Waals surface area (Å²) < 4.78 is 1.08. The average Bonchev–Trinajstić information content (AvgIpc) is 2.52. The van der Waals surface area contributed by atoms with Gasteiger partial charge in [-0.3, -0.25) is 4.79 Å². The van der Waals surface area contributed by atoms with Crippen LogP contribution in [0.5, 0.6) is 0 Å². The third kappa shape index (κ3) is 4.07. The maximum Gasteiger partial charge on any atom is 0.227 e. The smallest absolute Gasteiger partial charge is 0.227 e. The highest BCUT2D eigenvalue weighted by molar-refractivity contribution is 9.10. The predicted octanol–water partition coefficient (Wildman–Crippen LogP) is 3.75. The summed E-state index contributed by atoms with van der Waals surface area (Å²) in [6, 6.07) is 8.30. The molecule has 0 saturated carbocycles. The molecule has 0 aliphatic carbocycles. The normalized spacial score (nSPS) is 20.0. The maximum atomic E-state index is 12.9. The van der Waals surface area contributed by atoms with Crippen LogP contribution in [0.2, 0.25) is 0 Å². The Balaban J connectivity index is 2.17. The number of hydrogen-bond donors (Lipinski definition) is 1. The summed E-state index contributed by atoms with van der Waals surface area (Å²) in [6.45, 7) is 6.94. The maximum absolute atomic E-state index is 12.9. The molecule has 1 heterocycles. The third-order valence-electron chi connectivity index (χ3n) is 4.22. The van der Waals surface area contributed by atoms with Crippen LogP contribution in [0.25, 0.3) is 0 Å². The van der Waals surface area contributed by atoms with Gasteiger partial charge in [-0.05, 0) is 44.4 Å². The summed E-state index contributed by atoms with van der Waals surface area (Å²) in [7, 11) is 0. The van der Waals surface area contributed by atoms with Gasteiger partial charge in [-0.25, -0.2) is 0 Å². The Morgan fingerprint density at radius 3 is 2.86 bits per heavy atom. The van der Waals surface area contributed by atoms with E-state index in [2.05, 4.69) is 46.1 Å². The van der Waals surface area contributed by atoms with Crippen LogP contribution in [0.1, 0.15) is 44.7 Å². The Morgan fingerprint density at radius 2 is 2.24 bits per heavy atom. The summed E-state index contributed by atoms with van der Waals surface area (Å²) in [6.07, 6.45) is 3.09. The Kier molecular flexibility index (Phi) is 6.24. The average molecular weight is 353 g/mol. The highest BCUT2D eigenvalue weighted by atomic mass is 79.9. The molecule has 2 rings (SSSR count). The number of rotatable bonds is 5. The first-order valence-corrected chi connectivity index (χ1v) is 8.70. The van der Waals surface area contributed by atoms with Gasteiger partial charge >= 0.3 is 0 Å². The molecule has 0 spiro atoms. The van der Waals surface area contributed by atoms with Crippen molar-refractivity contribution in [2.75, 3.05) is 19.6 Å². The van der Waals surface area contributed by atoms with E-state index in [-0.39, 0.29) is 12.0 Å². The number of piperidine rings is 1. The second kappa shape index (κ2) is 7.95. The minimum absolute atomic E-state index is 0.106. The van der Waals surface area contributed by atoms with Gasteiger partial charge in [0.1, 0.15) is 0 Å². The lowest BCUT2D eigenvalue weighted by Crippen LogP contribution is -2.44. The van der Waals surface area contributed by atoms with Crippen LogP contribution in [-0.4, -0.2) is 30.4 Å². The molecule has 2 atom stereocenters. The number of amides is 1. The van der Waals surface area contributed by atoms with Crippen molar-refractivity contribution >= 4 is 21.8 Å². The van der Waals surface area contributed by atoms with E-state index in [1.807, 2.05) is 18.2 Å². The molecule has 2 unspecified atom stereocenters. The van der Waals surface area contributed by atoms with Gasteiger partial charge in [0, 0.05) is 17.6 Å². The van der Waals surface area contributed by atoms with E-state index < -0.39 is 0 Å².